The molecular weight excluding hydrogens is 526 g/mol. The molecule has 7 rings (SSSR count). The van der Waals surface area contributed by atoms with Gasteiger partial charge in [-0.1, -0.05) is 6.07 Å². The van der Waals surface area contributed by atoms with Crippen LogP contribution in [-0.2, 0) is 6.54 Å². The number of nitrogens with one attached hydrogen (secondary N) is 3. The highest BCUT2D eigenvalue weighted by Gasteiger charge is 2.55. The van der Waals surface area contributed by atoms with Crippen LogP contribution in [0.4, 0.5) is 11.8 Å². The van der Waals surface area contributed by atoms with Crippen LogP contribution in [0.15, 0.2) is 24.5 Å². The number of aliphatic hydroxyl groups is 1. The summed E-state index contributed by atoms with van der Waals surface area (Å²) in [7, 11) is 0. The first-order valence-corrected chi connectivity index (χ1v) is 16.0. The topological polar surface area (TPSA) is 128 Å². The van der Waals surface area contributed by atoms with E-state index in [1.165, 1.54) is 32.1 Å². The molecule has 226 valence electrons. The third-order valence-corrected chi connectivity index (χ3v) is 10.4. The van der Waals surface area contributed by atoms with E-state index in [9.17, 15) is 10.4 Å². The molecule has 5 atom stereocenters. The Labute approximate surface area is 250 Å². The van der Waals surface area contributed by atoms with Gasteiger partial charge in [0.2, 0.25) is 11.8 Å². The molecule has 5 aliphatic rings. The first-order chi connectivity index (χ1) is 20.2. The molecule has 1 unspecified atom stereocenters. The molecule has 2 aromatic heterocycles. The molecule has 0 aromatic carbocycles. The fourth-order valence-electron chi connectivity index (χ4n) is 8.57. The first kappa shape index (κ1) is 29.1. The Hall–Kier alpha value is -2.96. The molecular formula is C33H47N7O2. The van der Waals surface area contributed by atoms with Crippen LogP contribution in [0, 0.1) is 40.4 Å². The van der Waals surface area contributed by atoms with Crippen LogP contribution in [0.1, 0.15) is 89.7 Å². The third kappa shape index (κ3) is 6.50. The van der Waals surface area contributed by atoms with Gasteiger partial charge < -0.3 is 25.8 Å². The van der Waals surface area contributed by atoms with Crippen LogP contribution in [0.2, 0.25) is 0 Å². The minimum atomic E-state index is -0.463. The molecule has 4 N–H and O–H groups in total. The van der Waals surface area contributed by atoms with Crippen molar-refractivity contribution in [1.82, 2.24) is 20.3 Å². The lowest BCUT2D eigenvalue weighted by Gasteiger charge is -2.60. The zero-order chi connectivity index (χ0) is 29.3. The van der Waals surface area contributed by atoms with E-state index in [0.29, 0.717) is 41.7 Å². The zero-order valence-corrected chi connectivity index (χ0v) is 25.4. The number of pyridine rings is 1. The summed E-state index contributed by atoms with van der Waals surface area (Å²) >= 11 is 0. The summed E-state index contributed by atoms with van der Waals surface area (Å²) in [5.41, 5.74) is 1.21. The fourth-order valence-corrected chi connectivity index (χ4v) is 8.57. The largest absolute Gasteiger partial charge is 0.475 e. The van der Waals surface area contributed by atoms with Crippen molar-refractivity contribution in [3.63, 3.8) is 0 Å². The van der Waals surface area contributed by atoms with Gasteiger partial charge in [-0.2, -0.15) is 10.2 Å². The van der Waals surface area contributed by atoms with Gasteiger partial charge in [0.15, 0.2) is 0 Å². The van der Waals surface area contributed by atoms with Crippen molar-refractivity contribution in [2.75, 3.05) is 23.7 Å². The second kappa shape index (κ2) is 12.0. The molecule has 2 aromatic rings. The maximum atomic E-state index is 10.3. The van der Waals surface area contributed by atoms with Gasteiger partial charge in [-0.3, -0.25) is 0 Å². The van der Waals surface area contributed by atoms with Crippen molar-refractivity contribution in [3.8, 4) is 11.9 Å². The molecule has 0 spiro atoms. The summed E-state index contributed by atoms with van der Waals surface area (Å²) in [6.07, 6.45) is 13.9. The van der Waals surface area contributed by atoms with E-state index in [1.54, 1.807) is 12.4 Å². The van der Waals surface area contributed by atoms with Crippen LogP contribution < -0.4 is 20.7 Å². The van der Waals surface area contributed by atoms with Gasteiger partial charge in [-0.25, -0.2) is 9.97 Å². The summed E-state index contributed by atoms with van der Waals surface area (Å²) in [4.78, 5) is 13.5. The molecule has 0 amide bonds. The predicted molar refractivity (Wildman–Crippen MR) is 163 cm³/mol. The lowest BCUT2D eigenvalue weighted by molar-refractivity contribution is -0.0711. The van der Waals surface area contributed by atoms with E-state index in [2.05, 4.69) is 32.0 Å². The molecule has 0 aliphatic heterocycles. The summed E-state index contributed by atoms with van der Waals surface area (Å²) in [6.45, 7) is 8.38. The van der Waals surface area contributed by atoms with Crippen molar-refractivity contribution >= 4 is 11.8 Å². The van der Waals surface area contributed by atoms with Gasteiger partial charge in [0.05, 0.1) is 17.9 Å². The Kier molecular flexibility index (Phi) is 8.30. The normalized spacial score (nSPS) is 33.4. The summed E-state index contributed by atoms with van der Waals surface area (Å²) < 4.78 is 5.85. The zero-order valence-electron chi connectivity index (χ0n) is 25.4. The Morgan fingerprint density at radius 2 is 1.88 bits per heavy atom. The maximum absolute atomic E-state index is 10.3. The molecule has 5 saturated carbocycles. The number of ether oxygens (including phenoxy) is 1. The second-order valence-electron chi connectivity index (χ2n) is 14.3. The SMILES string of the molecule is CC(C)Oc1ncccc1CNc1ncc(C#N)c(NC[C@]23CC4C[C@H](C2)[C@@H](NC[C@H]2CC[C@](C)(O)CC2)[C@@H](C4)C3)n1. The van der Waals surface area contributed by atoms with Gasteiger partial charge >= 0.3 is 0 Å². The highest BCUT2D eigenvalue weighted by molar-refractivity contribution is 5.53. The van der Waals surface area contributed by atoms with Gasteiger partial charge in [0.1, 0.15) is 17.5 Å². The Bertz CT molecular complexity index is 1270. The molecule has 2 heterocycles. The molecule has 5 fully saturated rings. The first-order valence-electron chi connectivity index (χ1n) is 16.0. The van der Waals surface area contributed by atoms with E-state index < -0.39 is 5.60 Å². The van der Waals surface area contributed by atoms with Crippen LogP contribution in [0.3, 0.4) is 0 Å². The number of anilines is 2. The average molecular weight is 574 g/mol. The lowest BCUT2D eigenvalue weighted by atomic mass is 9.48. The highest BCUT2D eigenvalue weighted by Crippen LogP contribution is 2.60. The van der Waals surface area contributed by atoms with Gasteiger partial charge in [-0.15, -0.1) is 0 Å². The summed E-state index contributed by atoms with van der Waals surface area (Å²) in [5, 5.41) is 31.1. The van der Waals surface area contributed by atoms with Crippen LogP contribution in [0.5, 0.6) is 5.88 Å². The molecule has 9 heteroatoms. The number of aromatic nitrogens is 3. The van der Waals surface area contributed by atoms with Crippen molar-refractivity contribution in [2.24, 2.45) is 29.1 Å². The van der Waals surface area contributed by atoms with E-state index in [1.807, 2.05) is 32.9 Å². The third-order valence-electron chi connectivity index (χ3n) is 10.4. The maximum Gasteiger partial charge on any atom is 0.224 e. The minimum Gasteiger partial charge on any atom is -0.475 e. The quantitative estimate of drug-likeness (QED) is 0.284. The highest BCUT2D eigenvalue weighted by atomic mass is 16.5. The number of rotatable bonds is 11. The number of hydrogen-bond donors (Lipinski definition) is 4. The lowest BCUT2D eigenvalue weighted by Crippen LogP contribution is -2.60. The van der Waals surface area contributed by atoms with E-state index in [0.717, 1.165) is 62.1 Å². The minimum absolute atomic E-state index is 0.0341. The standard InChI is InChI=1S/C33H47N7O2/c1-21(2)42-30-24(5-4-10-35-30)18-37-31-38-19-27(16-34)29(40-31)39-20-33-13-23-11-25(14-33)28(26(12-23)15-33)36-17-22-6-8-32(3,41)9-7-22/h4-5,10,19,21-23,25-26,28,36,41H,6-9,11-15,17-18,20H2,1-3H3,(H2,37,38,39,40)/t22-,23?,25-,26+,28-,32-,33-. The fraction of sp³-hybridized carbons (Fsp3) is 0.697. The Morgan fingerprint density at radius 1 is 1.12 bits per heavy atom. The van der Waals surface area contributed by atoms with Crippen molar-refractivity contribution < 1.29 is 9.84 Å². The smallest absolute Gasteiger partial charge is 0.224 e. The van der Waals surface area contributed by atoms with Crippen molar-refractivity contribution in [2.45, 2.75) is 103 Å². The van der Waals surface area contributed by atoms with Crippen molar-refractivity contribution in [3.05, 3.63) is 35.7 Å². The monoisotopic (exact) mass is 573 g/mol. The van der Waals surface area contributed by atoms with E-state index >= 15 is 0 Å². The molecule has 5 aliphatic carbocycles. The molecule has 9 nitrogen and oxygen atoms in total. The summed E-state index contributed by atoms with van der Waals surface area (Å²) in [5.74, 6) is 4.65. The van der Waals surface area contributed by atoms with Gasteiger partial charge in [0.25, 0.3) is 0 Å². The molecule has 42 heavy (non-hydrogen) atoms. The Balaban J connectivity index is 1.07. The average Bonchev–Trinajstić information content (AvgIpc) is 2.95. The molecule has 4 bridgehead atoms. The van der Waals surface area contributed by atoms with Crippen LogP contribution in [0.25, 0.3) is 0 Å². The number of nitriles is 1. The van der Waals surface area contributed by atoms with Gasteiger partial charge in [-0.05, 0) is 120 Å². The Morgan fingerprint density at radius 3 is 2.60 bits per heavy atom. The number of nitrogens with zero attached hydrogens (tertiary/aromatic N) is 4. The number of hydrogen-bond acceptors (Lipinski definition) is 9. The van der Waals surface area contributed by atoms with E-state index in [-0.39, 0.29) is 11.5 Å². The van der Waals surface area contributed by atoms with E-state index in [4.69, 9.17) is 9.72 Å². The molecule has 0 radical (unpaired) electrons. The van der Waals surface area contributed by atoms with Crippen molar-refractivity contribution in [1.29, 1.82) is 5.26 Å². The predicted octanol–water partition coefficient (Wildman–Crippen LogP) is 5.28. The van der Waals surface area contributed by atoms with Crippen LogP contribution >= 0.6 is 0 Å². The second-order valence-corrected chi connectivity index (χ2v) is 14.3. The summed E-state index contributed by atoms with van der Waals surface area (Å²) in [6, 6.07) is 6.77. The van der Waals surface area contributed by atoms with Crippen LogP contribution in [-0.4, -0.2) is 50.9 Å². The molecule has 0 saturated heterocycles. The van der Waals surface area contributed by atoms with Gasteiger partial charge in [0, 0.05) is 30.9 Å².